The molecule has 2 aromatic carbocycles. The third-order valence-electron chi connectivity index (χ3n) is 4.69. The fourth-order valence-electron chi connectivity index (χ4n) is 3.30. The molecular formula is C19H18N2O4. The summed E-state index contributed by atoms with van der Waals surface area (Å²) in [6.07, 6.45) is -0.775. The summed E-state index contributed by atoms with van der Waals surface area (Å²) in [6, 6.07) is 11.9. The van der Waals surface area contributed by atoms with Crippen molar-refractivity contribution in [2.75, 3.05) is 19.7 Å². The van der Waals surface area contributed by atoms with Crippen LogP contribution in [0.2, 0.25) is 0 Å². The average molecular weight is 338 g/mol. The minimum absolute atomic E-state index is 0.144. The van der Waals surface area contributed by atoms with E-state index in [1.807, 2.05) is 43.3 Å². The molecule has 0 radical (unpaired) electrons. The lowest BCUT2D eigenvalue weighted by Crippen LogP contribution is -2.50. The van der Waals surface area contributed by atoms with Gasteiger partial charge in [-0.15, -0.1) is 0 Å². The van der Waals surface area contributed by atoms with Crippen LogP contribution in [0, 0.1) is 6.92 Å². The molecule has 0 bridgehead atoms. The van der Waals surface area contributed by atoms with E-state index in [2.05, 4.69) is 0 Å². The van der Waals surface area contributed by atoms with Gasteiger partial charge in [0.2, 0.25) is 5.91 Å². The number of amides is 2. The summed E-state index contributed by atoms with van der Waals surface area (Å²) in [6.45, 7) is 2.70. The number of rotatable bonds is 2. The summed E-state index contributed by atoms with van der Waals surface area (Å²) in [5.41, 5.74) is 6.80. The molecule has 0 saturated carbocycles. The molecule has 1 aliphatic heterocycles. The van der Waals surface area contributed by atoms with Gasteiger partial charge in [0.1, 0.15) is 5.58 Å². The van der Waals surface area contributed by atoms with Crippen LogP contribution in [0.1, 0.15) is 16.1 Å². The number of hydrogen-bond acceptors (Lipinski definition) is 4. The van der Waals surface area contributed by atoms with Crippen molar-refractivity contribution in [2.45, 2.75) is 13.0 Å². The Kier molecular flexibility index (Phi) is 3.69. The van der Waals surface area contributed by atoms with Crippen molar-refractivity contribution in [1.82, 2.24) is 4.90 Å². The Morgan fingerprint density at radius 2 is 1.96 bits per heavy atom. The van der Waals surface area contributed by atoms with Crippen LogP contribution < -0.4 is 5.73 Å². The summed E-state index contributed by atoms with van der Waals surface area (Å²) >= 11 is 0. The molecule has 1 aliphatic rings. The number of primary amides is 1. The van der Waals surface area contributed by atoms with E-state index in [1.54, 1.807) is 4.90 Å². The van der Waals surface area contributed by atoms with Gasteiger partial charge in [-0.2, -0.15) is 0 Å². The zero-order valence-corrected chi connectivity index (χ0v) is 13.8. The van der Waals surface area contributed by atoms with Crippen LogP contribution in [0.25, 0.3) is 21.7 Å². The maximum atomic E-state index is 12.9. The molecule has 1 fully saturated rings. The van der Waals surface area contributed by atoms with Crippen LogP contribution in [-0.4, -0.2) is 42.5 Å². The first-order chi connectivity index (χ1) is 12.1. The summed E-state index contributed by atoms with van der Waals surface area (Å²) in [4.78, 5) is 25.8. The van der Waals surface area contributed by atoms with E-state index in [9.17, 15) is 9.59 Å². The van der Waals surface area contributed by atoms with Crippen LogP contribution in [0.15, 0.2) is 40.8 Å². The zero-order valence-electron chi connectivity index (χ0n) is 13.8. The van der Waals surface area contributed by atoms with E-state index in [1.165, 1.54) is 0 Å². The van der Waals surface area contributed by atoms with Gasteiger partial charge >= 0.3 is 0 Å². The van der Waals surface area contributed by atoms with Crippen molar-refractivity contribution in [3.8, 4) is 0 Å². The summed E-state index contributed by atoms with van der Waals surface area (Å²) < 4.78 is 11.3. The quantitative estimate of drug-likeness (QED) is 0.776. The number of carbonyl (C=O) groups is 2. The Morgan fingerprint density at radius 3 is 2.76 bits per heavy atom. The number of morpholine rings is 1. The molecule has 0 spiro atoms. The normalized spacial score (nSPS) is 18.0. The van der Waals surface area contributed by atoms with Crippen molar-refractivity contribution >= 4 is 33.6 Å². The fourth-order valence-corrected chi connectivity index (χ4v) is 3.30. The lowest BCUT2D eigenvalue weighted by atomic mass is 10.1. The van der Waals surface area contributed by atoms with Crippen LogP contribution >= 0.6 is 0 Å². The second-order valence-electron chi connectivity index (χ2n) is 6.23. The Bertz CT molecular complexity index is 992. The summed E-state index contributed by atoms with van der Waals surface area (Å²) in [5.74, 6) is -0.506. The lowest BCUT2D eigenvalue weighted by molar-refractivity contribution is -0.133. The Balaban J connectivity index is 1.76. The van der Waals surface area contributed by atoms with E-state index in [0.29, 0.717) is 17.9 Å². The first-order valence-electron chi connectivity index (χ1n) is 8.17. The smallest absolute Gasteiger partial charge is 0.290 e. The highest BCUT2D eigenvalue weighted by molar-refractivity contribution is 6.09. The van der Waals surface area contributed by atoms with E-state index in [0.717, 1.165) is 21.7 Å². The number of carbonyl (C=O) groups excluding carboxylic acids is 2. The number of furan rings is 1. The number of aryl methyl sites for hydroxylation is 1. The van der Waals surface area contributed by atoms with Crippen LogP contribution in [0.3, 0.4) is 0 Å². The van der Waals surface area contributed by atoms with E-state index in [4.69, 9.17) is 14.9 Å². The first-order valence-corrected chi connectivity index (χ1v) is 8.17. The second kappa shape index (κ2) is 5.89. The predicted octanol–water partition coefficient (Wildman–Crippen LogP) is 2.22. The topological polar surface area (TPSA) is 85.8 Å². The standard InChI is InChI=1S/C19H18N2O4/c1-11-13-7-6-12-4-2-3-5-14(12)17(13)25-16(11)19(23)21-8-9-24-15(10-21)18(20)22/h2-7,15H,8-10H2,1H3,(H2,20,22)/t15-/m1/s1. The Morgan fingerprint density at radius 1 is 1.16 bits per heavy atom. The number of fused-ring (bicyclic) bond motifs is 3. The van der Waals surface area contributed by atoms with Crippen molar-refractivity contribution in [3.05, 3.63) is 47.7 Å². The van der Waals surface area contributed by atoms with Gasteiger partial charge in [-0.1, -0.05) is 36.4 Å². The summed E-state index contributed by atoms with van der Waals surface area (Å²) in [7, 11) is 0. The van der Waals surface area contributed by atoms with Gasteiger partial charge in [0.15, 0.2) is 11.9 Å². The number of ether oxygens (including phenoxy) is 1. The molecule has 2 N–H and O–H groups in total. The van der Waals surface area contributed by atoms with Gasteiger partial charge in [-0.25, -0.2) is 0 Å². The van der Waals surface area contributed by atoms with Gasteiger partial charge in [0.25, 0.3) is 5.91 Å². The molecule has 1 saturated heterocycles. The van der Waals surface area contributed by atoms with Gasteiger partial charge in [0.05, 0.1) is 13.2 Å². The van der Waals surface area contributed by atoms with Crippen molar-refractivity contribution in [2.24, 2.45) is 5.73 Å². The number of hydrogen-bond donors (Lipinski definition) is 1. The molecule has 6 nitrogen and oxygen atoms in total. The molecule has 6 heteroatoms. The third-order valence-corrected chi connectivity index (χ3v) is 4.69. The summed E-state index contributed by atoms with van der Waals surface area (Å²) in [5, 5.41) is 2.95. The molecule has 1 aromatic heterocycles. The minimum atomic E-state index is -0.775. The molecule has 4 rings (SSSR count). The first kappa shape index (κ1) is 15.7. The van der Waals surface area contributed by atoms with Gasteiger partial charge in [-0.3, -0.25) is 9.59 Å². The van der Waals surface area contributed by atoms with E-state index < -0.39 is 12.0 Å². The van der Waals surface area contributed by atoms with Crippen molar-refractivity contribution in [1.29, 1.82) is 0 Å². The highest BCUT2D eigenvalue weighted by Crippen LogP contribution is 2.32. The number of nitrogens with two attached hydrogens (primary N) is 1. The average Bonchev–Trinajstić information content (AvgIpc) is 2.98. The van der Waals surface area contributed by atoms with E-state index in [-0.39, 0.29) is 19.1 Å². The van der Waals surface area contributed by atoms with Gasteiger partial charge in [-0.05, 0) is 12.3 Å². The molecule has 3 aromatic rings. The van der Waals surface area contributed by atoms with E-state index >= 15 is 0 Å². The van der Waals surface area contributed by atoms with Crippen LogP contribution in [-0.2, 0) is 9.53 Å². The van der Waals surface area contributed by atoms with Gasteiger partial charge < -0.3 is 19.8 Å². The van der Waals surface area contributed by atoms with Crippen LogP contribution in [0.5, 0.6) is 0 Å². The largest absolute Gasteiger partial charge is 0.450 e. The highest BCUT2D eigenvalue weighted by atomic mass is 16.5. The maximum Gasteiger partial charge on any atom is 0.290 e. The molecule has 2 heterocycles. The highest BCUT2D eigenvalue weighted by Gasteiger charge is 2.31. The number of nitrogens with zero attached hydrogens (tertiary/aromatic N) is 1. The monoisotopic (exact) mass is 338 g/mol. The molecule has 2 amide bonds. The van der Waals surface area contributed by atoms with Crippen molar-refractivity contribution in [3.63, 3.8) is 0 Å². The Hall–Kier alpha value is -2.86. The third kappa shape index (κ3) is 2.55. The Labute approximate surface area is 144 Å². The lowest BCUT2D eigenvalue weighted by Gasteiger charge is -2.30. The maximum absolute atomic E-state index is 12.9. The molecule has 0 unspecified atom stereocenters. The van der Waals surface area contributed by atoms with Crippen molar-refractivity contribution < 1.29 is 18.7 Å². The zero-order chi connectivity index (χ0) is 17.6. The fraction of sp³-hybridized carbons (Fsp3) is 0.263. The SMILES string of the molecule is Cc1c(C(=O)N2CCO[C@@H](C(N)=O)C2)oc2c1ccc1ccccc12. The molecular weight excluding hydrogens is 320 g/mol. The second-order valence-corrected chi connectivity index (χ2v) is 6.23. The van der Waals surface area contributed by atoms with Crippen LogP contribution in [0.4, 0.5) is 0 Å². The molecule has 25 heavy (non-hydrogen) atoms. The van der Waals surface area contributed by atoms with Gasteiger partial charge in [0, 0.05) is 22.9 Å². The molecule has 1 atom stereocenters. The minimum Gasteiger partial charge on any atom is -0.450 e. The molecule has 0 aliphatic carbocycles. The predicted molar refractivity (Wildman–Crippen MR) is 93.3 cm³/mol. The molecule has 128 valence electrons. The number of benzene rings is 2.